The third kappa shape index (κ3) is 2.47. The molecule has 2 heterocycles. The molecule has 1 aromatic heterocycles. The lowest BCUT2D eigenvalue weighted by Gasteiger charge is -2.23. The molecule has 1 fully saturated rings. The van der Waals surface area contributed by atoms with Crippen molar-refractivity contribution in [2.45, 2.75) is 19.4 Å². The number of carboxylic acids is 1. The molecule has 0 unspecified atom stereocenters. The normalized spacial score (nSPS) is 16.6. The number of hydrogen-bond donors (Lipinski definition) is 1. The lowest BCUT2D eigenvalue weighted by atomic mass is 10.0. The van der Waals surface area contributed by atoms with Gasteiger partial charge in [0.2, 0.25) is 0 Å². The highest BCUT2D eigenvalue weighted by Gasteiger charge is 2.21. The molecule has 0 saturated carbocycles. The number of halogens is 1. The van der Waals surface area contributed by atoms with Gasteiger partial charge in [0.15, 0.2) is 0 Å². The number of aromatic carboxylic acids is 1. The summed E-state index contributed by atoms with van der Waals surface area (Å²) in [6.45, 7) is 2.28. The summed E-state index contributed by atoms with van der Waals surface area (Å²) < 4.78 is 8.24. The summed E-state index contributed by atoms with van der Waals surface area (Å²) in [5, 5.41) is 10.4. The maximum absolute atomic E-state index is 11.5. The zero-order valence-corrected chi connectivity index (χ0v) is 12.6. The summed E-state index contributed by atoms with van der Waals surface area (Å²) in [6.07, 6.45) is 1.98. The number of carboxylic acid groups (broad SMARTS) is 1. The number of carbonyl (C=O) groups is 1. The molecule has 0 amide bonds. The van der Waals surface area contributed by atoms with Crippen molar-refractivity contribution >= 4 is 32.8 Å². The third-order valence-corrected chi connectivity index (χ3v) is 4.51. The van der Waals surface area contributed by atoms with Crippen LogP contribution in [0.3, 0.4) is 0 Å². The van der Waals surface area contributed by atoms with E-state index in [1.165, 1.54) is 0 Å². The molecule has 106 valence electrons. The third-order valence-electron chi connectivity index (χ3n) is 3.87. The van der Waals surface area contributed by atoms with E-state index in [2.05, 4.69) is 15.9 Å². The van der Waals surface area contributed by atoms with Gasteiger partial charge < -0.3 is 14.4 Å². The van der Waals surface area contributed by atoms with E-state index in [0.717, 1.165) is 48.0 Å². The van der Waals surface area contributed by atoms with E-state index in [0.29, 0.717) is 11.6 Å². The van der Waals surface area contributed by atoms with Crippen molar-refractivity contribution in [2.75, 3.05) is 13.2 Å². The smallest absolute Gasteiger partial charge is 0.352 e. The van der Waals surface area contributed by atoms with Crippen LogP contribution in [0.4, 0.5) is 0 Å². The first-order valence-electron chi connectivity index (χ1n) is 6.75. The number of benzene rings is 1. The average molecular weight is 338 g/mol. The molecule has 3 rings (SSSR count). The van der Waals surface area contributed by atoms with Crippen molar-refractivity contribution in [2.24, 2.45) is 5.92 Å². The lowest BCUT2D eigenvalue weighted by Crippen LogP contribution is -2.22. The van der Waals surface area contributed by atoms with Crippen molar-refractivity contribution in [3.63, 3.8) is 0 Å². The predicted octanol–water partition coefficient (Wildman–Crippen LogP) is 3.53. The van der Waals surface area contributed by atoms with Crippen LogP contribution in [-0.2, 0) is 11.3 Å². The first-order valence-corrected chi connectivity index (χ1v) is 7.55. The molecule has 4 nitrogen and oxygen atoms in total. The second-order valence-electron chi connectivity index (χ2n) is 5.18. The Hall–Kier alpha value is -1.33. The Balaban J connectivity index is 2.06. The van der Waals surface area contributed by atoms with Crippen LogP contribution in [0.2, 0.25) is 0 Å². The van der Waals surface area contributed by atoms with E-state index in [1.807, 2.05) is 22.8 Å². The molecule has 0 spiro atoms. The van der Waals surface area contributed by atoms with Gasteiger partial charge in [-0.2, -0.15) is 0 Å². The Labute approximate surface area is 125 Å². The molecular formula is C15H16BrNO3. The van der Waals surface area contributed by atoms with Crippen LogP contribution in [-0.4, -0.2) is 28.9 Å². The molecule has 1 saturated heterocycles. The minimum Gasteiger partial charge on any atom is -0.477 e. The monoisotopic (exact) mass is 337 g/mol. The standard InChI is InChI=1S/C15H16BrNO3/c16-12-3-1-2-11-8-13(15(18)19)17(14(11)12)9-10-4-6-20-7-5-10/h1-3,8,10H,4-7,9H2,(H,18,19). The van der Waals surface area contributed by atoms with Crippen molar-refractivity contribution in [1.29, 1.82) is 0 Å². The highest BCUT2D eigenvalue weighted by atomic mass is 79.9. The lowest BCUT2D eigenvalue weighted by molar-refractivity contribution is 0.0597. The van der Waals surface area contributed by atoms with Gasteiger partial charge in [-0.1, -0.05) is 12.1 Å². The van der Waals surface area contributed by atoms with Gasteiger partial charge in [0, 0.05) is 29.6 Å². The summed E-state index contributed by atoms with van der Waals surface area (Å²) in [6, 6.07) is 7.58. The van der Waals surface area contributed by atoms with Crippen LogP contribution in [0.1, 0.15) is 23.3 Å². The SMILES string of the molecule is O=C(O)c1cc2cccc(Br)c2n1CC1CCOCC1. The average Bonchev–Trinajstić information content (AvgIpc) is 2.80. The fraction of sp³-hybridized carbons (Fsp3) is 0.400. The second kappa shape index (κ2) is 5.58. The van der Waals surface area contributed by atoms with Crippen molar-refractivity contribution in [3.8, 4) is 0 Å². The zero-order valence-electron chi connectivity index (χ0n) is 11.0. The number of para-hydroxylation sites is 1. The molecule has 1 aliphatic rings. The van der Waals surface area contributed by atoms with Crippen LogP contribution >= 0.6 is 15.9 Å². The predicted molar refractivity (Wildman–Crippen MR) is 80.1 cm³/mol. The number of hydrogen-bond acceptors (Lipinski definition) is 2. The molecule has 1 aromatic carbocycles. The fourth-order valence-corrected chi connectivity index (χ4v) is 3.43. The molecule has 20 heavy (non-hydrogen) atoms. The maximum Gasteiger partial charge on any atom is 0.352 e. The highest BCUT2D eigenvalue weighted by Crippen LogP contribution is 2.29. The summed E-state index contributed by atoms with van der Waals surface area (Å²) in [5.74, 6) is -0.398. The van der Waals surface area contributed by atoms with Gasteiger partial charge in [-0.05, 0) is 46.8 Å². The van der Waals surface area contributed by atoms with E-state index in [4.69, 9.17) is 4.74 Å². The second-order valence-corrected chi connectivity index (χ2v) is 6.03. The van der Waals surface area contributed by atoms with Crippen LogP contribution in [0.25, 0.3) is 10.9 Å². The number of rotatable bonds is 3. The topological polar surface area (TPSA) is 51.5 Å². The maximum atomic E-state index is 11.5. The number of nitrogens with zero attached hydrogens (tertiary/aromatic N) is 1. The van der Waals surface area contributed by atoms with Crippen LogP contribution in [0, 0.1) is 5.92 Å². The Morgan fingerprint density at radius 1 is 1.40 bits per heavy atom. The van der Waals surface area contributed by atoms with Crippen LogP contribution < -0.4 is 0 Å². The van der Waals surface area contributed by atoms with Gasteiger partial charge in [-0.3, -0.25) is 0 Å². The molecule has 5 heteroatoms. The van der Waals surface area contributed by atoms with Gasteiger partial charge in [0.05, 0.1) is 5.52 Å². The minimum atomic E-state index is -0.875. The Bertz CT molecular complexity index is 644. The Kier molecular flexibility index (Phi) is 3.81. The van der Waals surface area contributed by atoms with Gasteiger partial charge in [-0.25, -0.2) is 4.79 Å². The largest absolute Gasteiger partial charge is 0.477 e. The van der Waals surface area contributed by atoms with E-state index in [-0.39, 0.29) is 0 Å². The van der Waals surface area contributed by atoms with Crippen molar-refractivity contribution in [1.82, 2.24) is 4.57 Å². The highest BCUT2D eigenvalue weighted by molar-refractivity contribution is 9.10. The van der Waals surface area contributed by atoms with Crippen molar-refractivity contribution in [3.05, 3.63) is 34.4 Å². The molecule has 2 aromatic rings. The molecule has 1 aliphatic heterocycles. The van der Waals surface area contributed by atoms with E-state index in [1.54, 1.807) is 6.07 Å². The summed E-state index contributed by atoms with van der Waals surface area (Å²) >= 11 is 3.54. The van der Waals surface area contributed by atoms with Gasteiger partial charge in [-0.15, -0.1) is 0 Å². The number of ether oxygens (including phenoxy) is 1. The number of aromatic nitrogens is 1. The minimum absolute atomic E-state index is 0.360. The molecule has 0 aliphatic carbocycles. The molecular weight excluding hydrogens is 322 g/mol. The summed E-state index contributed by atoms with van der Waals surface area (Å²) in [7, 11) is 0. The van der Waals surface area contributed by atoms with Crippen LogP contribution in [0.5, 0.6) is 0 Å². The molecule has 1 N–H and O–H groups in total. The summed E-state index contributed by atoms with van der Waals surface area (Å²) in [5.41, 5.74) is 1.33. The zero-order chi connectivity index (χ0) is 14.1. The first kappa shape index (κ1) is 13.6. The van der Waals surface area contributed by atoms with Gasteiger partial charge in [0.25, 0.3) is 0 Å². The van der Waals surface area contributed by atoms with E-state index >= 15 is 0 Å². The number of fused-ring (bicyclic) bond motifs is 1. The van der Waals surface area contributed by atoms with Gasteiger partial charge in [0.1, 0.15) is 5.69 Å². The summed E-state index contributed by atoms with van der Waals surface area (Å²) in [4.78, 5) is 11.5. The van der Waals surface area contributed by atoms with E-state index < -0.39 is 5.97 Å². The van der Waals surface area contributed by atoms with Gasteiger partial charge >= 0.3 is 5.97 Å². The molecule has 0 atom stereocenters. The molecule has 0 bridgehead atoms. The fourth-order valence-electron chi connectivity index (χ4n) is 2.83. The quantitative estimate of drug-likeness (QED) is 0.932. The van der Waals surface area contributed by atoms with E-state index in [9.17, 15) is 9.90 Å². The van der Waals surface area contributed by atoms with Crippen molar-refractivity contribution < 1.29 is 14.6 Å². The van der Waals surface area contributed by atoms with Crippen LogP contribution in [0.15, 0.2) is 28.7 Å². The Morgan fingerprint density at radius 2 is 2.15 bits per heavy atom. The molecule has 0 radical (unpaired) electrons. The Morgan fingerprint density at radius 3 is 2.85 bits per heavy atom. The first-order chi connectivity index (χ1) is 9.66.